The molecule has 0 amide bonds. The van der Waals surface area contributed by atoms with Crippen LogP contribution in [0.2, 0.25) is 0 Å². The molecule has 1 saturated carbocycles. The number of aromatic nitrogens is 2. The Balaban J connectivity index is 1.82. The Hall–Kier alpha value is -1.94. The molecule has 7 nitrogen and oxygen atoms in total. The highest BCUT2D eigenvalue weighted by molar-refractivity contribution is 5.69. The average Bonchev–Trinajstić information content (AvgIpc) is 2.96. The highest BCUT2D eigenvalue weighted by Gasteiger charge is 2.69. The lowest BCUT2D eigenvalue weighted by molar-refractivity contribution is -0.142. The Bertz CT molecular complexity index is 802. The zero-order valence-corrected chi connectivity index (χ0v) is 14.9. The van der Waals surface area contributed by atoms with E-state index in [1.165, 1.54) is 6.92 Å². The van der Waals surface area contributed by atoms with Crippen LogP contribution in [0.15, 0.2) is 0 Å². The van der Waals surface area contributed by atoms with Crippen LogP contribution in [-0.4, -0.2) is 57.9 Å². The van der Waals surface area contributed by atoms with E-state index in [0.717, 1.165) is 0 Å². The molecular weight excluding hydrogens is 365 g/mol. The van der Waals surface area contributed by atoms with E-state index in [1.54, 1.807) is 11.8 Å². The van der Waals surface area contributed by atoms with Crippen LogP contribution in [0.3, 0.4) is 0 Å². The molecule has 3 fully saturated rings. The van der Waals surface area contributed by atoms with Crippen molar-refractivity contribution in [3.63, 3.8) is 0 Å². The number of carboxylic acid groups (broad SMARTS) is 1. The number of aliphatic hydroxyl groups excluding tert-OH is 1. The van der Waals surface area contributed by atoms with Gasteiger partial charge in [0.25, 0.3) is 0 Å². The maximum Gasteiger partial charge on any atom is 0.433 e. The summed E-state index contributed by atoms with van der Waals surface area (Å²) < 4.78 is 40.9. The Morgan fingerprint density at radius 3 is 2.67 bits per heavy atom. The second-order valence-electron chi connectivity index (χ2n) is 7.79. The standard InChI is InChI=1S/C17H21F3N4O3/c1-7-13(16-6-21-4-10(16)9(16)3-12(26)27)22-15(23-14(7)17(18,19)20)24-5-11(25)8(24)2/h8-11,21,25H,3-6H2,1-2H3,(H,26,27)/t8-,9?,10?,11+,16?/m0/s1. The summed E-state index contributed by atoms with van der Waals surface area (Å²) >= 11 is 0. The van der Waals surface area contributed by atoms with Crippen molar-refractivity contribution >= 4 is 11.9 Å². The number of carboxylic acids is 1. The number of β-amino-alcohol motifs (C(OH)–C–C–N with tert-alkyl or cyclic N) is 1. The number of carbonyl (C=O) groups is 1. The van der Waals surface area contributed by atoms with Crippen LogP contribution >= 0.6 is 0 Å². The predicted octanol–water partition coefficient (Wildman–Crippen LogP) is 0.935. The van der Waals surface area contributed by atoms with E-state index in [4.69, 9.17) is 0 Å². The number of hydrogen-bond acceptors (Lipinski definition) is 6. The molecule has 148 valence electrons. The van der Waals surface area contributed by atoms with Crippen LogP contribution in [0.5, 0.6) is 0 Å². The molecule has 1 aromatic rings. The van der Waals surface area contributed by atoms with E-state index in [1.807, 2.05) is 0 Å². The third-order valence-electron chi connectivity index (χ3n) is 6.41. The maximum atomic E-state index is 13.6. The number of aliphatic carboxylic acids is 1. The molecule has 4 rings (SSSR count). The summed E-state index contributed by atoms with van der Waals surface area (Å²) in [5.74, 6) is -1.30. The maximum absolute atomic E-state index is 13.6. The van der Waals surface area contributed by atoms with Crippen LogP contribution in [0, 0.1) is 18.8 Å². The van der Waals surface area contributed by atoms with E-state index in [9.17, 15) is 28.2 Å². The van der Waals surface area contributed by atoms with Gasteiger partial charge < -0.3 is 20.4 Å². The number of alkyl halides is 3. The minimum Gasteiger partial charge on any atom is -0.481 e. The first-order chi connectivity index (χ1) is 12.6. The average molecular weight is 386 g/mol. The molecule has 0 radical (unpaired) electrons. The Morgan fingerprint density at radius 2 is 2.11 bits per heavy atom. The lowest BCUT2D eigenvalue weighted by atomic mass is 9.92. The van der Waals surface area contributed by atoms with Crippen molar-refractivity contribution < 1.29 is 28.2 Å². The number of piperidine rings is 1. The second kappa shape index (κ2) is 5.78. The van der Waals surface area contributed by atoms with Gasteiger partial charge in [-0.1, -0.05) is 0 Å². The second-order valence-corrected chi connectivity index (χ2v) is 7.79. The van der Waals surface area contributed by atoms with Crippen LogP contribution in [0.4, 0.5) is 19.1 Å². The van der Waals surface area contributed by atoms with Crippen molar-refractivity contribution in [3.05, 3.63) is 17.0 Å². The first-order valence-corrected chi connectivity index (χ1v) is 8.91. The fraction of sp³-hybridized carbons (Fsp3) is 0.706. The summed E-state index contributed by atoms with van der Waals surface area (Å²) in [6.07, 6.45) is -5.36. The minimum atomic E-state index is -4.64. The first kappa shape index (κ1) is 18.4. The number of fused-ring (bicyclic) bond motifs is 1. The first-order valence-electron chi connectivity index (χ1n) is 8.91. The smallest absolute Gasteiger partial charge is 0.433 e. The number of anilines is 1. The molecule has 1 aromatic heterocycles. The van der Waals surface area contributed by atoms with Gasteiger partial charge in [-0.25, -0.2) is 9.97 Å². The number of rotatable bonds is 4. The topological polar surface area (TPSA) is 98.6 Å². The van der Waals surface area contributed by atoms with Crippen molar-refractivity contribution in [2.75, 3.05) is 24.5 Å². The molecule has 27 heavy (non-hydrogen) atoms. The van der Waals surface area contributed by atoms with Crippen molar-refractivity contribution in [3.8, 4) is 0 Å². The van der Waals surface area contributed by atoms with Crippen molar-refractivity contribution in [2.45, 2.75) is 44.0 Å². The molecule has 0 aromatic carbocycles. The summed E-state index contributed by atoms with van der Waals surface area (Å²) in [4.78, 5) is 21.0. The van der Waals surface area contributed by atoms with Crippen LogP contribution < -0.4 is 10.2 Å². The summed E-state index contributed by atoms with van der Waals surface area (Å²) in [6, 6.07) is -0.370. The highest BCUT2D eigenvalue weighted by Crippen LogP contribution is 2.64. The molecule has 2 saturated heterocycles. The number of hydrogen-bond donors (Lipinski definition) is 3. The van der Waals surface area contributed by atoms with Gasteiger partial charge in [-0.3, -0.25) is 4.79 Å². The van der Waals surface area contributed by atoms with Gasteiger partial charge in [0, 0.05) is 30.5 Å². The number of halogens is 3. The zero-order valence-electron chi connectivity index (χ0n) is 14.9. The van der Waals surface area contributed by atoms with E-state index < -0.39 is 29.4 Å². The third-order valence-corrected chi connectivity index (χ3v) is 6.41. The number of nitrogens with one attached hydrogen (secondary N) is 1. The molecule has 3 unspecified atom stereocenters. The van der Waals surface area contributed by atoms with Gasteiger partial charge in [-0.05, 0) is 32.2 Å². The van der Waals surface area contributed by atoms with E-state index in [2.05, 4.69) is 15.3 Å². The molecule has 1 aliphatic carbocycles. The van der Waals surface area contributed by atoms with Crippen molar-refractivity contribution in [1.82, 2.24) is 15.3 Å². The van der Waals surface area contributed by atoms with Crippen LogP contribution in [0.25, 0.3) is 0 Å². The van der Waals surface area contributed by atoms with Crippen LogP contribution in [-0.2, 0) is 16.4 Å². The van der Waals surface area contributed by atoms with Gasteiger partial charge in [-0.15, -0.1) is 0 Å². The molecule has 0 bridgehead atoms. The van der Waals surface area contributed by atoms with Gasteiger partial charge in [0.15, 0.2) is 5.69 Å². The third kappa shape index (κ3) is 2.60. The monoisotopic (exact) mass is 386 g/mol. The molecule has 3 N–H and O–H groups in total. The van der Waals surface area contributed by atoms with E-state index in [-0.39, 0.29) is 48.0 Å². The normalized spacial score (nSPS) is 35.0. The number of aliphatic hydroxyl groups is 1. The molecule has 2 aliphatic heterocycles. The van der Waals surface area contributed by atoms with Crippen molar-refractivity contribution in [1.29, 1.82) is 0 Å². The molecule has 0 spiro atoms. The molecular formula is C17H21F3N4O3. The summed E-state index contributed by atoms with van der Waals surface area (Å²) in [6.45, 7) is 4.21. The van der Waals surface area contributed by atoms with Gasteiger partial charge in [0.05, 0.1) is 17.8 Å². The lowest BCUT2D eigenvalue weighted by Crippen LogP contribution is -2.59. The zero-order chi connectivity index (χ0) is 19.7. The molecule has 5 atom stereocenters. The van der Waals surface area contributed by atoms with Gasteiger partial charge in [0.1, 0.15) is 0 Å². The Kier molecular flexibility index (Phi) is 3.94. The van der Waals surface area contributed by atoms with Gasteiger partial charge in [0.2, 0.25) is 5.95 Å². The fourth-order valence-corrected chi connectivity index (χ4v) is 4.79. The largest absolute Gasteiger partial charge is 0.481 e. The minimum absolute atomic E-state index is 0.0402. The lowest BCUT2D eigenvalue weighted by Gasteiger charge is -2.43. The highest BCUT2D eigenvalue weighted by atomic mass is 19.4. The molecule has 3 heterocycles. The Morgan fingerprint density at radius 1 is 1.41 bits per heavy atom. The van der Waals surface area contributed by atoms with Crippen molar-refractivity contribution in [2.24, 2.45) is 11.8 Å². The SMILES string of the molecule is Cc1c(C(F)(F)F)nc(N2C[C@@H](O)[C@@H]2C)nc1C12CNCC1C2CC(=O)O. The summed E-state index contributed by atoms with van der Waals surface area (Å²) in [5, 5.41) is 22.1. The fourth-order valence-electron chi connectivity index (χ4n) is 4.79. The van der Waals surface area contributed by atoms with Gasteiger partial charge >= 0.3 is 12.1 Å². The molecule has 3 aliphatic rings. The summed E-state index contributed by atoms with van der Waals surface area (Å²) in [5.41, 5.74) is -1.44. The van der Waals surface area contributed by atoms with E-state index >= 15 is 0 Å². The number of nitrogens with zero attached hydrogens (tertiary/aromatic N) is 3. The predicted molar refractivity (Wildman–Crippen MR) is 88.4 cm³/mol. The quantitative estimate of drug-likeness (QED) is 0.708. The molecule has 10 heteroatoms. The van der Waals surface area contributed by atoms with E-state index in [0.29, 0.717) is 13.1 Å². The summed E-state index contributed by atoms with van der Waals surface area (Å²) in [7, 11) is 0. The Labute approximate surface area is 153 Å². The van der Waals surface area contributed by atoms with Crippen LogP contribution in [0.1, 0.15) is 30.3 Å². The van der Waals surface area contributed by atoms with Gasteiger partial charge in [-0.2, -0.15) is 13.2 Å².